The van der Waals surface area contributed by atoms with E-state index in [0.29, 0.717) is 11.3 Å². The first-order chi connectivity index (χ1) is 12.2. The van der Waals surface area contributed by atoms with E-state index in [-0.39, 0.29) is 5.78 Å². The summed E-state index contributed by atoms with van der Waals surface area (Å²) in [6, 6.07) is 11.3. The number of ketones is 1. The third kappa shape index (κ3) is 3.51. The molecule has 0 atom stereocenters. The number of nitrogens with zero attached hydrogens (tertiary/aromatic N) is 2. The zero-order valence-corrected chi connectivity index (χ0v) is 15.6. The van der Waals surface area contributed by atoms with Gasteiger partial charge in [-0.2, -0.15) is 0 Å². The Hall–Kier alpha value is -2.40. The van der Waals surface area contributed by atoms with Gasteiger partial charge in [0.05, 0.1) is 12.0 Å². The molecule has 2 aromatic heterocycles. The third-order valence-electron chi connectivity index (χ3n) is 4.29. The predicted octanol–water partition coefficient (Wildman–Crippen LogP) is 4.73. The zero-order chi connectivity index (χ0) is 17.8. The normalized spacial score (nSPS) is 10.8. The molecule has 130 valence electrons. The van der Waals surface area contributed by atoms with Crippen LogP contribution in [0.2, 0.25) is 0 Å². The number of imidazole rings is 1. The van der Waals surface area contributed by atoms with Gasteiger partial charge in [-0.3, -0.25) is 4.79 Å². The molecule has 0 spiro atoms. The average Bonchev–Trinajstić information content (AvgIpc) is 3.27. The topological polar surface area (TPSA) is 44.1 Å². The van der Waals surface area contributed by atoms with Crippen molar-refractivity contribution < 1.29 is 9.53 Å². The molecule has 0 bridgehead atoms. The van der Waals surface area contributed by atoms with Gasteiger partial charge in [-0.05, 0) is 48.6 Å². The van der Waals surface area contributed by atoms with Crippen LogP contribution in [0.4, 0.5) is 0 Å². The van der Waals surface area contributed by atoms with Crippen LogP contribution in [0.25, 0.3) is 10.7 Å². The van der Waals surface area contributed by atoms with E-state index < -0.39 is 0 Å². The van der Waals surface area contributed by atoms with Crippen molar-refractivity contribution in [3.8, 4) is 16.5 Å². The van der Waals surface area contributed by atoms with Gasteiger partial charge in [-0.15, -0.1) is 11.3 Å². The van der Waals surface area contributed by atoms with Crippen LogP contribution in [-0.2, 0) is 13.5 Å². The first-order valence-corrected chi connectivity index (χ1v) is 9.31. The molecule has 5 heteroatoms. The second-order valence-corrected chi connectivity index (χ2v) is 6.88. The predicted molar refractivity (Wildman–Crippen MR) is 102 cm³/mol. The Bertz CT molecular complexity index is 849. The van der Waals surface area contributed by atoms with Crippen LogP contribution in [-0.4, -0.2) is 22.4 Å². The molecule has 0 radical (unpaired) electrons. The molecular weight excluding hydrogens is 332 g/mol. The minimum atomic E-state index is -0.0350. The number of carbonyl (C=O) groups excluding carboxylic acids is 1. The quantitative estimate of drug-likeness (QED) is 0.576. The van der Waals surface area contributed by atoms with E-state index in [1.54, 1.807) is 30.6 Å². The first-order valence-electron chi connectivity index (χ1n) is 8.44. The molecule has 0 aliphatic rings. The van der Waals surface area contributed by atoms with Crippen LogP contribution in [0.1, 0.15) is 41.5 Å². The van der Waals surface area contributed by atoms with Crippen LogP contribution in [0.15, 0.2) is 41.8 Å². The molecule has 0 N–H and O–H groups in total. The van der Waals surface area contributed by atoms with E-state index in [1.807, 2.05) is 36.7 Å². The van der Waals surface area contributed by atoms with Gasteiger partial charge < -0.3 is 9.30 Å². The number of thiophene rings is 1. The molecule has 25 heavy (non-hydrogen) atoms. The van der Waals surface area contributed by atoms with Gasteiger partial charge in [-0.1, -0.05) is 19.4 Å². The molecule has 0 saturated carbocycles. The summed E-state index contributed by atoms with van der Waals surface area (Å²) in [6.45, 7) is 2.15. The summed E-state index contributed by atoms with van der Waals surface area (Å²) in [4.78, 5) is 18.8. The Kier molecular flexibility index (Phi) is 5.34. The van der Waals surface area contributed by atoms with Gasteiger partial charge in [0.15, 0.2) is 5.82 Å². The van der Waals surface area contributed by atoms with Gasteiger partial charge in [0, 0.05) is 18.3 Å². The lowest BCUT2D eigenvalue weighted by atomic mass is 10.0. The Morgan fingerprint density at radius 1 is 1.24 bits per heavy atom. The first kappa shape index (κ1) is 17.4. The maximum absolute atomic E-state index is 13.1. The fourth-order valence-electron chi connectivity index (χ4n) is 2.85. The number of ether oxygens (including phenoxy) is 1. The lowest BCUT2D eigenvalue weighted by Gasteiger charge is -2.06. The molecule has 0 aliphatic heterocycles. The fraction of sp³-hybridized carbons (Fsp3) is 0.300. The van der Waals surface area contributed by atoms with Crippen molar-refractivity contribution in [2.75, 3.05) is 7.11 Å². The number of aromatic nitrogens is 2. The Morgan fingerprint density at radius 2 is 2.00 bits per heavy atom. The summed E-state index contributed by atoms with van der Waals surface area (Å²) < 4.78 is 7.24. The van der Waals surface area contributed by atoms with E-state index in [9.17, 15) is 4.79 Å². The van der Waals surface area contributed by atoms with Crippen molar-refractivity contribution in [1.82, 2.24) is 9.55 Å². The summed E-state index contributed by atoms with van der Waals surface area (Å²) in [5, 5.41) is 2.03. The van der Waals surface area contributed by atoms with E-state index in [1.165, 1.54) is 0 Å². The molecule has 1 aromatic carbocycles. The summed E-state index contributed by atoms with van der Waals surface area (Å²) in [5.41, 5.74) is 2.20. The highest BCUT2D eigenvalue weighted by molar-refractivity contribution is 7.13. The van der Waals surface area contributed by atoms with Crippen molar-refractivity contribution in [2.45, 2.75) is 26.2 Å². The van der Waals surface area contributed by atoms with Gasteiger partial charge in [0.1, 0.15) is 11.4 Å². The number of methoxy groups -OCH3 is 1. The van der Waals surface area contributed by atoms with Gasteiger partial charge in [0.2, 0.25) is 5.78 Å². The Morgan fingerprint density at radius 3 is 2.60 bits per heavy atom. The molecule has 3 rings (SSSR count). The number of rotatable bonds is 7. The van der Waals surface area contributed by atoms with Crippen molar-refractivity contribution in [1.29, 1.82) is 0 Å². The molecule has 4 nitrogen and oxygen atoms in total. The average molecular weight is 354 g/mol. The lowest BCUT2D eigenvalue weighted by Crippen LogP contribution is -2.07. The summed E-state index contributed by atoms with van der Waals surface area (Å²) >= 11 is 1.64. The molecule has 3 aromatic rings. The van der Waals surface area contributed by atoms with Crippen LogP contribution in [0.5, 0.6) is 5.75 Å². The van der Waals surface area contributed by atoms with Crippen LogP contribution in [0, 0.1) is 0 Å². The fourth-order valence-corrected chi connectivity index (χ4v) is 3.60. The third-order valence-corrected chi connectivity index (χ3v) is 5.16. The van der Waals surface area contributed by atoms with E-state index in [4.69, 9.17) is 9.72 Å². The van der Waals surface area contributed by atoms with Gasteiger partial charge in [-0.25, -0.2) is 4.98 Å². The standard InChI is InChI=1S/C20H22N2O2S/c1-4-5-7-16-18(19(23)14-9-11-15(24-3)12-10-14)21-20(22(16)2)17-8-6-13-25-17/h6,8-13H,4-5,7H2,1-3H3. The summed E-state index contributed by atoms with van der Waals surface area (Å²) in [6.07, 6.45) is 2.96. The van der Waals surface area contributed by atoms with Crippen LogP contribution in [0.3, 0.4) is 0 Å². The molecular formula is C20H22N2O2S. The van der Waals surface area contributed by atoms with Crippen molar-refractivity contribution in [3.05, 3.63) is 58.7 Å². The van der Waals surface area contributed by atoms with Crippen molar-refractivity contribution in [3.63, 3.8) is 0 Å². The second kappa shape index (κ2) is 7.66. The van der Waals surface area contributed by atoms with Gasteiger partial charge in [0.25, 0.3) is 0 Å². The zero-order valence-electron chi connectivity index (χ0n) is 14.8. The molecule has 0 fully saturated rings. The van der Waals surface area contributed by atoms with Crippen LogP contribution >= 0.6 is 11.3 Å². The minimum absolute atomic E-state index is 0.0350. The minimum Gasteiger partial charge on any atom is -0.497 e. The highest BCUT2D eigenvalue weighted by Crippen LogP contribution is 2.28. The van der Waals surface area contributed by atoms with Crippen molar-refractivity contribution >= 4 is 17.1 Å². The number of hydrogen-bond donors (Lipinski definition) is 0. The molecule has 0 saturated heterocycles. The highest BCUT2D eigenvalue weighted by Gasteiger charge is 2.22. The highest BCUT2D eigenvalue weighted by atomic mass is 32.1. The van der Waals surface area contributed by atoms with Crippen LogP contribution < -0.4 is 4.74 Å². The molecule has 2 heterocycles. The number of benzene rings is 1. The monoisotopic (exact) mass is 354 g/mol. The smallest absolute Gasteiger partial charge is 0.213 e. The summed E-state index contributed by atoms with van der Waals surface area (Å²) in [7, 11) is 3.61. The lowest BCUT2D eigenvalue weighted by molar-refractivity contribution is 0.103. The largest absolute Gasteiger partial charge is 0.497 e. The van der Waals surface area contributed by atoms with E-state index in [2.05, 4.69) is 11.5 Å². The molecule has 0 aliphatic carbocycles. The summed E-state index contributed by atoms with van der Waals surface area (Å²) in [5.74, 6) is 1.56. The SMILES string of the molecule is CCCCc1c(C(=O)c2ccc(OC)cc2)nc(-c2cccs2)n1C. The van der Waals surface area contributed by atoms with E-state index in [0.717, 1.165) is 41.4 Å². The number of unbranched alkanes of at least 4 members (excludes halogenated alkanes) is 1. The van der Waals surface area contributed by atoms with Crippen molar-refractivity contribution in [2.24, 2.45) is 7.05 Å². The Balaban J connectivity index is 2.03. The number of hydrogen-bond acceptors (Lipinski definition) is 4. The van der Waals surface area contributed by atoms with E-state index >= 15 is 0 Å². The maximum Gasteiger partial charge on any atom is 0.213 e. The Labute approximate surface area is 152 Å². The second-order valence-electron chi connectivity index (χ2n) is 5.93. The molecule has 0 unspecified atom stereocenters. The maximum atomic E-state index is 13.1. The molecule has 0 amide bonds. The van der Waals surface area contributed by atoms with Gasteiger partial charge >= 0.3 is 0 Å². The number of carbonyl (C=O) groups is 1.